The van der Waals surface area contributed by atoms with Crippen LogP contribution < -0.4 is 30.6 Å². The van der Waals surface area contributed by atoms with Crippen molar-refractivity contribution in [1.29, 1.82) is 0 Å². The van der Waals surface area contributed by atoms with E-state index in [9.17, 15) is 59.4 Å². The van der Waals surface area contributed by atoms with E-state index in [0.29, 0.717) is 0 Å². The summed E-state index contributed by atoms with van der Waals surface area (Å²) in [5.41, 5.74) is 0. The van der Waals surface area contributed by atoms with Crippen LogP contribution in [0.2, 0.25) is 0 Å². The molecule has 294 valence electrons. The van der Waals surface area contributed by atoms with Gasteiger partial charge in [0.25, 0.3) is 0 Å². The summed E-state index contributed by atoms with van der Waals surface area (Å²) < 4.78 is 0. The molecule has 0 aromatic rings. The van der Waals surface area contributed by atoms with Crippen molar-refractivity contribution in [2.45, 2.75) is 73.2 Å². The van der Waals surface area contributed by atoms with E-state index in [1.807, 2.05) is 0 Å². The van der Waals surface area contributed by atoms with E-state index < -0.39 is 109 Å². The monoisotopic (exact) mass is 960 g/mol. The molecule has 48 heavy (non-hydrogen) atoms. The number of hydrogen-bond acceptors (Lipinski definition) is 24. The first-order chi connectivity index (χ1) is 18.9. The molecule has 0 aliphatic rings. The van der Waals surface area contributed by atoms with Crippen LogP contribution in [-0.4, -0.2) is 170 Å². The molecule has 0 aliphatic carbocycles. The fraction of sp³-hybridized carbons (Fsp3) is 0.667. The van der Waals surface area contributed by atoms with Crippen molar-refractivity contribution < 1.29 is 223 Å². The Hall–Kier alpha value is -0.543. The van der Waals surface area contributed by atoms with Gasteiger partial charge in [-0.2, -0.15) is 0 Å². The number of carboxylic acids is 6. The van der Waals surface area contributed by atoms with Crippen molar-refractivity contribution in [3.63, 3.8) is 0 Å². The summed E-state index contributed by atoms with van der Waals surface area (Å²) in [5.74, 6) is -12.7. The zero-order chi connectivity index (χ0) is 34.4. The van der Waals surface area contributed by atoms with Gasteiger partial charge >= 0.3 is 0 Å². The predicted molar refractivity (Wildman–Crippen MR) is 102 cm³/mol. The molecule has 0 amide bonds. The van der Waals surface area contributed by atoms with Crippen molar-refractivity contribution in [3.8, 4) is 0 Å². The number of aliphatic hydroxyl groups is 12. The SMILES string of the molecule is O=C([O-])[C@@H](O)[C@@H](O)[C@H](O)[C@@H](O)C(=O)[O-].O=C([O-])[C@@H](O)[C@@H](O)[C@H](O)[C@@H](O)C(=O)[O-].O=C([O-])[C@@H](O)[C@@H](O)[C@H](O)[C@@H](O)C(=O)[O-].[Fe].[Fe].[Fe].[Fe].[Fe].[Fe]. The van der Waals surface area contributed by atoms with Crippen LogP contribution in [0.15, 0.2) is 0 Å². The van der Waals surface area contributed by atoms with Crippen molar-refractivity contribution in [1.82, 2.24) is 0 Å². The normalized spacial score (nSPS) is 17.0. The van der Waals surface area contributed by atoms with E-state index in [2.05, 4.69) is 0 Å². The fourth-order valence-electron chi connectivity index (χ4n) is 1.96. The Morgan fingerprint density at radius 1 is 0.250 bits per heavy atom. The Balaban J connectivity index is -0.0000000639. The summed E-state index contributed by atoms with van der Waals surface area (Å²) in [6.07, 6.45) is -29.3. The van der Waals surface area contributed by atoms with Gasteiger partial charge in [-0.3, -0.25) is 0 Å². The van der Waals surface area contributed by atoms with Crippen LogP contribution in [0.5, 0.6) is 0 Å². The maximum absolute atomic E-state index is 9.96. The molecule has 12 N–H and O–H groups in total. The molecule has 12 atom stereocenters. The Labute approximate surface area is 330 Å². The predicted octanol–water partition coefficient (Wildman–Crippen LogP) is -18.2. The van der Waals surface area contributed by atoms with Crippen LogP contribution in [0.25, 0.3) is 0 Å². The van der Waals surface area contributed by atoms with E-state index in [4.69, 9.17) is 61.3 Å². The number of hydrogen-bond donors (Lipinski definition) is 12. The molecule has 24 nitrogen and oxygen atoms in total. The summed E-state index contributed by atoms with van der Waals surface area (Å²) >= 11 is 0. The third kappa shape index (κ3) is 25.4. The van der Waals surface area contributed by atoms with Crippen molar-refractivity contribution >= 4 is 35.8 Å². The molecule has 0 radical (unpaired) electrons. The number of carboxylic acid groups (broad SMARTS) is 6. The maximum Gasteiger partial charge on any atom is 0.122 e. The molecule has 0 unspecified atom stereocenters. The quantitative estimate of drug-likeness (QED) is 0.0678. The largest absolute Gasteiger partial charge is 0.547 e. The summed E-state index contributed by atoms with van der Waals surface area (Å²) in [6, 6.07) is 0. The number of carbonyl (C=O) groups excluding carboxylic acids is 6. The summed E-state index contributed by atoms with van der Waals surface area (Å²) in [7, 11) is 0. The smallest absolute Gasteiger partial charge is 0.122 e. The second kappa shape index (κ2) is 33.6. The Morgan fingerprint density at radius 2 is 0.312 bits per heavy atom. The summed E-state index contributed by atoms with van der Waals surface area (Å²) in [6.45, 7) is 0. The van der Waals surface area contributed by atoms with Crippen LogP contribution in [0.4, 0.5) is 0 Å². The minimum atomic E-state index is -2.50. The van der Waals surface area contributed by atoms with Crippen molar-refractivity contribution in [2.75, 3.05) is 0 Å². The van der Waals surface area contributed by atoms with Crippen LogP contribution >= 0.6 is 0 Å². The average Bonchev–Trinajstić information content (AvgIpc) is 2.92. The van der Waals surface area contributed by atoms with Gasteiger partial charge in [0.2, 0.25) is 0 Å². The standard InChI is InChI=1S/3C6H10O8.6Fe/c3*7-1(3(9)5(11)12)2(8)4(10)6(13)14;;;;;;/h3*1-4,7-10H,(H,11,12)(H,13,14);;;;;;/p-6/t3*1-,2-,3-,4+;;;;;;/m000....../s1. The van der Waals surface area contributed by atoms with Crippen LogP contribution in [0.1, 0.15) is 0 Å². The van der Waals surface area contributed by atoms with Gasteiger partial charge < -0.3 is 121 Å². The maximum atomic E-state index is 9.96. The van der Waals surface area contributed by atoms with E-state index >= 15 is 0 Å². The molecule has 0 aliphatic heterocycles. The molecule has 0 rings (SSSR count). The van der Waals surface area contributed by atoms with Crippen LogP contribution in [0.3, 0.4) is 0 Å². The molecular formula is C18H24Fe6O24-6. The Morgan fingerprint density at radius 3 is 0.354 bits per heavy atom. The molecule has 0 fully saturated rings. The number of rotatable bonds is 15. The van der Waals surface area contributed by atoms with Crippen LogP contribution in [-0.2, 0) is 131 Å². The molecule has 0 saturated carbocycles. The molecule has 0 aromatic heterocycles. The van der Waals surface area contributed by atoms with Gasteiger partial charge in [-0.25, -0.2) is 0 Å². The molecule has 0 saturated heterocycles. The first-order valence-corrected chi connectivity index (χ1v) is 10.3. The summed E-state index contributed by atoms with van der Waals surface area (Å²) in [5, 5.41) is 164. The molecular weight excluding hydrogens is 935 g/mol. The van der Waals surface area contributed by atoms with Crippen molar-refractivity contribution in [3.05, 3.63) is 0 Å². The van der Waals surface area contributed by atoms with Gasteiger partial charge in [-0.1, -0.05) is 0 Å². The molecule has 0 aromatic carbocycles. The van der Waals surface area contributed by atoms with Gasteiger partial charge in [0.1, 0.15) is 73.2 Å². The first kappa shape index (κ1) is 69.3. The fourth-order valence-corrected chi connectivity index (χ4v) is 1.96. The van der Waals surface area contributed by atoms with Gasteiger partial charge in [-0.15, -0.1) is 0 Å². The van der Waals surface area contributed by atoms with Gasteiger partial charge in [0.05, 0.1) is 35.8 Å². The van der Waals surface area contributed by atoms with Gasteiger partial charge in [-0.05, 0) is 0 Å². The first-order valence-electron chi connectivity index (χ1n) is 10.3. The van der Waals surface area contributed by atoms with Crippen LogP contribution in [0, 0.1) is 0 Å². The third-order valence-electron chi connectivity index (χ3n) is 4.44. The molecule has 0 bridgehead atoms. The van der Waals surface area contributed by atoms with Crippen molar-refractivity contribution in [2.24, 2.45) is 0 Å². The van der Waals surface area contributed by atoms with Gasteiger partial charge in [0.15, 0.2) is 0 Å². The summed E-state index contributed by atoms with van der Waals surface area (Å²) in [4.78, 5) is 59.8. The second-order valence-electron chi connectivity index (χ2n) is 7.53. The Bertz CT molecular complexity index is 746. The second-order valence-corrected chi connectivity index (χ2v) is 7.53. The third-order valence-corrected chi connectivity index (χ3v) is 4.44. The molecule has 0 spiro atoms. The number of aliphatic carboxylic acids is 6. The number of aliphatic hydroxyl groups excluding tert-OH is 12. The zero-order valence-electron chi connectivity index (χ0n) is 22.3. The topological polar surface area (TPSA) is 484 Å². The molecule has 0 heterocycles. The van der Waals surface area contributed by atoms with Gasteiger partial charge in [0, 0.05) is 102 Å². The zero-order valence-corrected chi connectivity index (χ0v) is 28.9. The van der Waals surface area contributed by atoms with E-state index in [-0.39, 0.29) is 102 Å². The number of carbonyl (C=O) groups is 6. The minimum absolute atomic E-state index is 0. The van der Waals surface area contributed by atoms with E-state index in [1.54, 1.807) is 0 Å². The molecule has 30 heteroatoms. The Kier molecular flexibility index (Phi) is 48.5. The van der Waals surface area contributed by atoms with E-state index in [0.717, 1.165) is 0 Å². The van der Waals surface area contributed by atoms with E-state index in [1.165, 1.54) is 0 Å². The average molecular weight is 959 g/mol. The minimum Gasteiger partial charge on any atom is -0.547 e.